The Hall–Kier alpha value is -0.380. The summed E-state index contributed by atoms with van der Waals surface area (Å²) in [5.74, 6) is 1.53. The van der Waals surface area contributed by atoms with E-state index in [-0.39, 0.29) is 17.8 Å². The maximum atomic E-state index is 6.41. The van der Waals surface area contributed by atoms with Gasteiger partial charge in [-0.15, -0.1) is 0 Å². The van der Waals surface area contributed by atoms with E-state index < -0.39 is 5.79 Å². The minimum Gasteiger partial charge on any atom is -0.371 e. The smallest absolute Gasteiger partial charge is 0.163 e. The van der Waals surface area contributed by atoms with Gasteiger partial charge in [0, 0.05) is 11.8 Å². The minimum atomic E-state index is -0.411. The molecule has 4 rings (SSSR count). The van der Waals surface area contributed by atoms with Gasteiger partial charge in [0.25, 0.3) is 0 Å². The van der Waals surface area contributed by atoms with Crippen molar-refractivity contribution in [3.05, 3.63) is 11.6 Å². The molecule has 1 heterocycles. The third-order valence-electron chi connectivity index (χ3n) is 5.46. The Bertz CT molecular complexity index is 473. The van der Waals surface area contributed by atoms with Crippen LogP contribution in [0.4, 0.5) is 0 Å². The van der Waals surface area contributed by atoms with Crippen molar-refractivity contribution >= 4 is 0 Å². The van der Waals surface area contributed by atoms with Crippen LogP contribution in [0.1, 0.15) is 53.9 Å². The third kappa shape index (κ3) is 2.38. The minimum absolute atomic E-state index is 0.0573. The molecule has 21 heavy (non-hydrogen) atoms. The fraction of sp³-hybridized carbons (Fsp3) is 0.889. The van der Waals surface area contributed by atoms with Crippen LogP contribution in [0.2, 0.25) is 0 Å². The van der Waals surface area contributed by atoms with Crippen LogP contribution in [0.3, 0.4) is 0 Å². The molecule has 0 unspecified atom stereocenters. The predicted molar refractivity (Wildman–Crippen MR) is 80.9 cm³/mol. The SMILES string of the molecule is CC(C)(C)O[C@H]1[C@@H]2C3=C[C@H]1C[C@H]2C[C@@H]1OC(C)(C)O[C@@H]1C3. The number of rotatable bonds is 1. The summed E-state index contributed by atoms with van der Waals surface area (Å²) in [6, 6.07) is 0. The van der Waals surface area contributed by atoms with Crippen molar-refractivity contribution in [1.82, 2.24) is 0 Å². The molecule has 0 amide bonds. The van der Waals surface area contributed by atoms with Gasteiger partial charge in [-0.25, -0.2) is 0 Å². The zero-order valence-electron chi connectivity index (χ0n) is 13.9. The number of ether oxygens (including phenoxy) is 3. The summed E-state index contributed by atoms with van der Waals surface area (Å²) in [5.41, 5.74) is 1.53. The van der Waals surface area contributed by atoms with Crippen LogP contribution in [0.15, 0.2) is 11.6 Å². The molecule has 2 bridgehead atoms. The Morgan fingerprint density at radius 2 is 1.86 bits per heavy atom. The van der Waals surface area contributed by atoms with E-state index in [1.54, 1.807) is 5.57 Å². The topological polar surface area (TPSA) is 27.7 Å². The average molecular weight is 292 g/mol. The second-order valence-corrected chi connectivity index (χ2v) is 8.77. The molecular formula is C18H28O3. The summed E-state index contributed by atoms with van der Waals surface area (Å²) in [6.45, 7) is 10.6. The van der Waals surface area contributed by atoms with E-state index >= 15 is 0 Å². The Labute approximate surface area is 128 Å². The van der Waals surface area contributed by atoms with Gasteiger partial charge < -0.3 is 14.2 Å². The fourth-order valence-corrected chi connectivity index (χ4v) is 5.06. The van der Waals surface area contributed by atoms with Crippen LogP contribution in [-0.4, -0.2) is 29.7 Å². The lowest BCUT2D eigenvalue weighted by molar-refractivity contribution is -0.149. The van der Waals surface area contributed by atoms with Gasteiger partial charge in [-0.2, -0.15) is 0 Å². The second-order valence-electron chi connectivity index (χ2n) is 8.77. The molecule has 0 N–H and O–H groups in total. The summed E-state index contributed by atoms with van der Waals surface area (Å²) in [4.78, 5) is 0. The lowest BCUT2D eigenvalue weighted by Gasteiger charge is -2.30. The van der Waals surface area contributed by atoms with Gasteiger partial charge in [-0.05, 0) is 59.8 Å². The average Bonchev–Trinajstić information content (AvgIpc) is 2.85. The monoisotopic (exact) mass is 292 g/mol. The number of hydrogen-bond donors (Lipinski definition) is 0. The first-order valence-corrected chi connectivity index (χ1v) is 8.46. The predicted octanol–water partition coefficient (Wildman–Crippen LogP) is 3.68. The highest BCUT2D eigenvalue weighted by Crippen LogP contribution is 2.56. The van der Waals surface area contributed by atoms with Gasteiger partial charge in [-0.3, -0.25) is 0 Å². The molecule has 3 aliphatic carbocycles. The molecule has 0 spiro atoms. The third-order valence-corrected chi connectivity index (χ3v) is 5.46. The first kappa shape index (κ1) is 14.2. The lowest BCUT2D eigenvalue weighted by atomic mass is 9.85. The highest BCUT2D eigenvalue weighted by Gasteiger charge is 2.56. The number of fused-ring (bicyclic) bond motifs is 2. The van der Waals surface area contributed by atoms with E-state index in [0.717, 1.165) is 18.8 Å². The standard InChI is InChI=1S/C18H28O3/c1-17(2,3)21-16-12-6-10-8-13-14(20-18(4,5)19-13)9-11(7-12)15(10)16/h6,11-16H,7-9H2,1-5H3/t11-,12-,13+,14-,15+,16+/m0/s1. The Kier molecular flexibility index (Phi) is 2.94. The van der Waals surface area contributed by atoms with Gasteiger partial charge in [0.2, 0.25) is 0 Å². The lowest BCUT2D eigenvalue weighted by Crippen LogP contribution is -2.32. The maximum absolute atomic E-state index is 6.41. The first-order chi connectivity index (χ1) is 9.72. The Balaban J connectivity index is 1.56. The molecule has 6 atom stereocenters. The van der Waals surface area contributed by atoms with Crippen molar-refractivity contribution in [1.29, 1.82) is 0 Å². The van der Waals surface area contributed by atoms with Crippen LogP contribution >= 0.6 is 0 Å². The zero-order chi connectivity index (χ0) is 15.0. The summed E-state index contributed by atoms with van der Waals surface area (Å²) in [5, 5.41) is 0. The molecular weight excluding hydrogens is 264 g/mol. The normalized spacial score (nSPS) is 47.2. The molecule has 118 valence electrons. The van der Waals surface area contributed by atoms with Gasteiger partial charge in [0.15, 0.2) is 5.79 Å². The van der Waals surface area contributed by atoms with Crippen molar-refractivity contribution in [3.63, 3.8) is 0 Å². The van der Waals surface area contributed by atoms with E-state index in [2.05, 4.69) is 26.8 Å². The van der Waals surface area contributed by atoms with E-state index in [9.17, 15) is 0 Å². The maximum Gasteiger partial charge on any atom is 0.163 e. The number of hydrogen-bond acceptors (Lipinski definition) is 3. The molecule has 2 saturated carbocycles. The molecule has 3 nitrogen and oxygen atoms in total. The van der Waals surface area contributed by atoms with Crippen LogP contribution in [0.5, 0.6) is 0 Å². The van der Waals surface area contributed by atoms with Crippen molar-refractivity contribution in [3.8, 4) is 0 Å². The van der Waals surface area contributed by atoms with Gasteiger partial charge >= 0.3 is 0 Å². The molecule has 0 aromatic carbocycles. The van der Waals surface area contributed by atoms with Crippen LogP contribution in [0, 0.1) is 17.8 Å². The molecule has 0 aromatic rings. The Morgan fingerprint density at radius 3 is 2.57 bits per heavy atom. The quantitative estimate of drug-likeness (QED) is 0.690. The van der Waals surface area contributed by atoms with Gasteiger partial charge in [0.1, 0.15) is 0 Å². The van der Waals surface area contributed by atoms with Crippen LogP contribution in [-0.2, 0) is 14.2 Å². The van der Waals surface area contributed by atoms with Gasteiger partial charge in [-0.1, -0.05) is 11.6 Å². The molecule has 0 radical (unpaired) electrons. The summed E-state index contributed by atoms with van der Waals surface area (Å²) < 4.78 is 18.7. The van der Waals surface area contributed by atoms with Crippen molar-refractivity contribution < 1.29 is 14.2 Å². The molecule has 3 fully saturated rings. The van der Waals surface area contributed by atoms with Crippen molar-refractivity contribution in [2.75, 3.05) is 0 Å². The zero-order valence-corrected chi connectivity index (χ0v) is 13.9. The summed E-state index contributed by atoms with van der Waals surface area (Å²) in [7, 11) is 0. The van der Waals surface area contributed by atoms with E-state index in [0.29, 0.717) is 17.9 Å². The van der Waals surface area contributed by atoms with E-state index in [1.165, 1.54) is 6.42 Å². The van der Waals surface area contributed by atoms with Crippen molar-refractivity contribution in [2.45, 2.75) is 83.6 Å². The highest BCUT2D eigenvalue weighted by atomic mass is 16.7. The molecule has 4 aliphatic rings. The first-order valence-electron chi connectivity index (χ1n) is 8.46. The molecule has 3 heteroatoms. The fourth-order valence-electron chi connectivity index (χ4n) is 5.06. The molecule has 1 saturated heterocycles. The largest absolute Gasteiger partial charge is 0.371 e. The summed E-state index contributed by atoms with van der Waals surface area (Å²) in [6.07, 6.45) is 6.83. The molecule has 0 aromatic heterocycles. The second kappa shape index (κ2) is 4.33. The van der Waals surface area contributed by atoms with Gasteiger partial charge in [0.05, 0.1) is 23.9 Å². The van der Waals surface area contributed by atoms with E-state index in [4.69, 9.17) is 14.2 Å². The summed E-state index contributed by atoms with van der Waals surface area (Å²) >= 11 is 0. The van der Waals surface area contributed by atoms with Crippen LogP contribution in [0.25, 0.3) is 0 Å². The van der Waals surface area contributed by atoms with E-state index in [1.807, 2.05) is 13.8 Å². The van der Waals surface area contributed by atoms with Crippen molar-refractivity contribution in [2.24, 2.45) is 17.8 Å². The molecule has 1 aliphatic heterocycles. The Morgan fingerprint density at radius 1 is 1.14 bits per heavy atom. The highest BCUT2D eigenvalue weighted by molar-refractivity contribution is 5.28. The van der Waals surface area contributed by atoms with Crippen LogP contribution < -0.4 is 0 Å².